The van der Waals surface area contributed by atoms with Crippen molar-refractivity contribution in [2.45, 2.75) is 19.5 Å². The van der Waals surface area contributed by atoms with Crippen molar-refractivity contribution >= 4 is 0 Å². The van der Waals surface area contributed by atoms with Gasteiger partial charge in [0, 0.05) is 25.0 Å². The summed E-state index contributed by atoms with van der Waals surface area (Å²) in [6, 6.07) is 14.1. The molecule has 0 fully saturated rings. The Morgan fingerprint density at radius 2 is 1.83 bits per heavy atom. The number of nitriles is 1. The molecule has 0 amide bonds. The molecule has 0 aliphatic rings. The molecule has 1 heterocycles. The van der Waals surface area contributed by atoms with Crippen LogP contribution in [-0.4, -0.2) is 4.98 Å². The van der Waals surface area contributed by atoms with E-state index in [9.17, 15) is 0 Å². The minimum atomic E-state index is 0.281. The lowest BCUT2D eigenvalue weighted by Gasteiger charge is -2.13. The highest BCUT2D eigenvalue weighted by Gasteiger charge is 2.03. The Morgan fingerprint density at radius 3 is 2.44 bits per heavy atom. The van der Waals surface area contributed by atoms with Gasteiger partial charge in [0.1, 0.15) is 0 Å². The fraction of sp³-hybridized carbons (Fsp3) is 0.200. The van der Waals surface area contributed by atoms with Crippen LogP contribution in [0.1, 0.15) is 29.7 Å². The Bertz CT molecular complexity index is 526. The third-order valence-corrected chi connectivity index (χ3v) is 2.90. The van der Waals surface area contributed by atoms with Gasteiger partial charge in [0.2, 0.25) is 0 Å². The van der Waals surface area contributed by atoms with Gasteiger partial charge in [0.25, 0.3) is 0 Å². The summed E-state index contributed by atoms with van der Waals surface area (Å²) < 4.78 is 0. The average Bonchev–Trinajstić information content (AvgIpc) is 2.46. The van der Waals surface area contributed by atoms with E-state index in [1.165, 1.54) is 11.1 Å². The van der Waals surface area contributed by atoms with Crippen LogP contribution in [0.2, 0.25) is 0 Å². The first kappa shape index (κ1) is 12.3. The Balaban J connectivity index is 1.93. The number of hydrogen-bond donors (Lipinski definition) is 1. The second-order valence-electron chi connectivity index (χ2n) is 4.19. The number of nitrogens with one attached hydrogen (secondary N) is 1. The van der Waals surface area contributed by atoms with Gasteiger partial charge in [0.15, 0.2) is 0 Å². The first-order valence-corrected chi connectivity index (χ1v) is 5.92. The molecule has 0 aliphatic heterocycles. The molecule has 3 nitrogen and oxygen atoms in total. The van der Waals surface area contributed by atoms with Crippen molar-refractivity contribution in [1.82, 2.24) is 10.3 Å². The highest BCUT2D eigenvalue weighted by Crippen LogP contribution is 2.11. The van der Waals surface area contributed by atoms with Crippen molar-refractivity contribution < 1.29 is 0 Å². The van der Waals surface area contributed by atoms with Gasteiger partial charge in [-0.3, -0.25) is 4.98 Å². The molecule has 0 aliphatic carbocycles. The van der Waals surface area contributed by atoms with Gasteiger partial charge in [0.05, 0.1) is 11.6 Å². The zero-order valence-electron chi connectivity index (χ0n) is 10.3. The monoisotopic (exact) mass is 237 g/mol. The molecular formula is C15H15N3. The van der Waals surface area contributed by atoms with Crippen LogP contribution in [0.25, 0.3) is 0 Å². The minimum absolute atomic E-state index is 0.281. The number of nitrogens with zero attached hydrogens (tertiary/aromatic N) is 2. The third kappa shape index (κ3) is 3.16. The molecule has 1 aromatic carbocycles. The summed E-state index contributed by atoms with van der Waals surface area (Å²) in [5.41, 5.74) is 3.09. The van der Waals surface area contributed by atoms with Crippen molar-refractivity contribution in [3.63, 3.8) is 0 Å². The number of pyridine rings is 1. The number of rotatable bonds is 4. The highest BCUT2D eigenvalue weighted by molar-refractivity contribution is 5.31. The smallest absolute Gasteiger partial charge is 0.0991 e. The van der Waals surface area contributed by atoms with E-state index in [1.54, 1.807) is 12.4 Å². The molecule has 2 aromatic rings. The molecule has 1 aromatic heterocycles. The molecule has 1 atom stereocenters. The van der Waals surface area contributed by atoms with Gasteiger partial charge in [-0.25, -0.2) is 0 Å². The summed E-state index contributed by atoms with van der Waals surface area (Å²) >= 11 is 0. The van der Waals surface area contributed by atoms with Crippen LogP contribution in [0.15, 0.2) is 48.8 Å². The predicted molar refractivity (Wildman–Crippen MR) is 70.6 cm³/mol. The Morgan fingerprint density at radius 1 is 1.17 bits per heavy atom. The van der Waals surface area contributed by atoms with Crippen molar-refractivity contribution in [2.24, 2.45) is 0 Å². The maximum absolute atomic E-state index is 8.72. The Hall–Kier alpha value is -2.18. The summed E-state index contributed by atoms with van der Waals surface area (Å²) in [5, 5.41) is 12.2. The maximum atomic E-state index is 8.72. The van der Waals surface area contributed by atoms with Crippen LogP contribution in [0.4, 0.5) is 0 Å². The molecule has 0 saturated carbocycles. The normalized spacial score (nSPS) is 11.8. The topological polar surface area (TPSA) is 48.7 Å². The molecule has 1 N–H and O–H groups in total. The molecule has 0 saturated heterocycles. The lowest BCUT2D eigenvalue weighted by molar-refractivity contribution is 0.574. The van der Waals surface area contributed by atoms with Gasteiger partial charge < -0.3 is 5.32 Å². The lowest BCUT2D eigenvalue weighted by Crippen LogP contribution is -2.17. The Labute approximate surface area is 107 Å². The van der Waals surface area contributed by atoms with E-state index in [1.807, 2.05) is 36.4 Å². The first-order valence-electron chi connectivity index (χ1n) is 5.92. The fourth-order valence-corrected chi connectivity index (χ4v) is 1.74. The van der Waals surface area contributed by atoms with Crippen LogP contribution in [0, 0.1) is 11.3 Å². The second-order valence-corrected chi connectivity index (χ2v) is 4.19. The van der Waals surface area contributed by atoms with Gasteiger partial charge in [-0.2, -0.15) is 5.26 Å². The van der Waals surface area contributed by atoms with Crippen LogP contribution >= 0.6 is 0 Å². The van der Waals surface area contributed by atoms with E-state index in [0.29, 0.717) is 5.56 Å². The zero-order chi connectivity index (χ0) is 12.8. The van der Waals surface area contributed by atoms with Crippen molar-refractivity contribution in [1.29, 1.82) is 5.26 Å². The summed E-state index contributed by atoms with van der Waals surface area (Å²) in [5.74, 6) is 0. The largest absolute Gasteiger partial charge is 0.306 e. The molecule has 0 spiro atoms. The van der Waals surface area contributed by atoms with Crippen molar-refractivity contribution in [3.8, 4) is 6.07 Å². The average molecular weight is 237 g/mol. The van der Waals surface area contributed by atoms with E-state index in [-0.39, 0.29) is 6.04 Å². The Kier molecular flexibility index (Phi) is 4.06. The van der Waals surface area contributed by atoms with E-state index < -0.39 is 0 Å². The highest BCUT2D eigenvalue weighted by atomic mass is 14.9. The standard InChI is InChI=1S/C15H15N3/c1-12(15-6-8-17-9-7-15)18-11-14-4-2-13(10-16)3-5-14/h2-9,12,18H,11H2,1H3/t12-/m1/s1. The molecule has 2 rings (SSSR count). The van der Waals surface area contributed by atoms with Crippen LogP contribution in [0.5, 0.6) is 0 Å². The second kappa shape index (κ2) is 5.95. The van der Waals surface area contributed by atoms with Gasteiger partial charge >= 0.3 is 0 Å². The summed E-state index contributed by atoms with van der Waals surface area (Å²) in [7, 11) is 0. The van der Waals surface area contributed by atoms with E-state index >= 15 is 0 Å². The predicted octanol–water partition coefficient (Wildman–Crippen LogP) is 2.80. The van der Waals surface area contributed by atoms with Gasteiger partial charge in [-0.1, -0.05) is 12.1 Å². The third-order valence-electron chi connectivity index (χ3n) is 2.90. The first-order chi connectivity index (χ1) is 8.79. The number of benzene rings is 1. The molecule has 3 heteroatoms. The zero-order valence-corrected chi connectivity index (χ0v) is 10.3. The maximum Gasteiger partial charge on any atom is 0.0991 e. The van der Waals surface area contributed by atoms with Gasteiger partial charge in [-0.05, 0) is 42.3 Å². The molecule has 0 radical (unpaired) electrons. The van der Waals surface area contributed by atoms with Crippen molar-refractivity contribution in [2.75, 3.05) is 0 Å². The molecular weight excluding hydrogens is 222 g/mol. The van der Waals surface area contributed by atoms with E-state index in [4.69, 9.17) is 5.26 Å². The molecule has 0 unspecified atom stereocenters. The van der Waals surface area contributed by atoms with Crippen LogP contribution in [0.3, 0.4) is 0 Å². The van der Waals surface area contributed by atoms with Crippen molar-refractivity contribution in [3.05, 3.63) is 65.5 Å². The molecule has 18 heavy (non-hydrogen) atoms. The summed E-state index contributed by atoms with van der Waals surface area (Å²) in [4.78, 5) is 4.01. The van der Waals surface area contributed by atoms with Crippen LogP contribution < -0.4 is 5.32 Å². The number of hydrogen-bond acceptors (Lipinski definition) is 3. The molecule has 0 bridgehead atoms. The lowest BCUT2D eigenvalue weighted by atomic mass is 10.1. The fourth-order valence-electron chi connectivity index (χ4n) is 1.74. The summed E-state index contributed by atoms with van der Waals surface area (Å²) in [6.07, 6.45) is 3.60. The SMILES string of the molecule is C[C@@H](NCc1ccc(C#N)cc1)c1ccncc1. The quantitative estimate of drug-likeness (QED) is 0.889. The van der Waals surface area contributed by atoms with E-state index in [2.05, 4.69) is 23.3 Å². The molecule has 90 valence electrons. The minimum Gasteiger partial charge on any atom is -0.306 e. The van der Waals surface area contributed by atoms with E-state index in [0.717, 1.165) is 6.54 Å². The summed E-state index contributed by atoms with van der Waals surface area (Å²) in [6.45, 7) is 2.91. The number of aromatic nitrogens is 1. The van der Waals surface area contributed by atoms with Gasteiger partial charge in [-0.15, -0.1) is 0 Å². The van der Waals surface area contributed by atoms with Crippen LogP contribution in [-0.2, 0) is 6.54 Å².